The molecule has 2 aromatic carbocycles. The topological polar surface area (TPSA) is 83.0 Å². The number of esters is 1. The lowest BCUT2D eigenvalue weighted by Crippen LogP contribution is -2.47. The van der Waals surface area contributed by atoms with E-state index >= 15 is 0 Å². The van der Waals surface area contributed by atoms with Crippen molar-refractivity contribution in [3.8, 4) is 17.1 Å². The third-order valence-corrected chi connectivity index (χ3v) is 8.68. The van der Waals surface area contributed by atoms with E-state index in [-0.39, 0.29) is 5.56 Å². The van der Waals surface area contributed by atoms with Gasteiger partial charge >= 0.3 is 5.97 Å². The summed E-state index contributed by atoms with van der Waals surface area (Å²) in [5.41, 5.74) is -0.338. The van der Waals surface area contributed by atoms with Crippen molar-refractivity contribution in [1.29, 1.82) is 0 Å². The number of fused-ring (bicyclic) bond motifs is 4. The lowest BCUT2D eigenvalue weighted by Gasteiger charge is -2.26. The first-order chi connectivity index (χ1) is 17.4. The molecule has 1 aliphatic carbocycles. The van der Waals surface area contributed by atoms with Crippen molar-refractivity contribution in [3.05, 3.63) is 96.7 Å². The van der Waals surface area contributed by atoms with Crippen LogP contribution in [0.3, 0.4) is 0 Å². The molecule has 36 heavy (non-hydrogen) atoms. The second kappa shape index (κ2) is 7.21. The number of carbonyl (C=O) groups is 1. The first-order valence-corrected chi connectivity index (χ1v) is 12.6. The van der Waals surface area contributed by atoms with Gasteiger partial charge in [0, 0.05) is 22.2 Å². The number of nitrogens with zero attached hydrogens (tertiary/aromatic N) is 2. The van der Waals surface area contributed by atoms with Crippen LogP contribution in [0.4, 0.5) is 0 Å². The van der Waals surface area contributed by atoms with Gasteiger partial charge in [-0.15, -0.1) is 0 Å². The number of furan rings is 1. The minimum Gasteiger partial charge on any atom is -0.481 e. The largest absolute Gasteiger partial charge is 0.481 e. The van der Waals surface area contributed by atoms with Crippen molar-refractivity contribution in [2.45, 2.75) is 24.1 Å². The molecule has 180 valence electrons. The summed E-state index contributed by atoms with van der Waals surface area (Å²) < 4.78 is 19.7. The molecule has 4 atom stereocenters. The second-order valence-electron chi connectivity index (χ2n) is 9.33. The van der Waals surface area contributed by atoms with E-state index in [4.69, 9.17) is 30.5 Å². The zero-order chi connectivity index (χ0) is 24.8. The minimum absolute atomic E-state index is 0.207. The van der Waals surface area contributed by atoms with Gasteiger partial charge in [0.05, 0.1) is 11.6 Å². The van der Waals surface area contributed by atoms with Crippen LogP contribution in [-0.2, 0) is 9.53 Å². The molecule has 7 nitrogen and oxygen atoms in total. The maximum Gasteiger partial charge on any atom is 0.315 e. The summed E-state index contributed by atoms with van der Waals surface area (Å²) in [7, 11) is 1.36. The molecule has 9 heteroatoms. The van der Waals surface area contributed by atoms with E-state index in [0.717, 1.165) is 11.1 Å². The molecule has 0 N–H and O–H groups in total. The molecule has 2 aromatic heterocycles. The Balaban J connectivity index is 1.39. The van der Waals surface area contributed by atoms with Gasteiger partial charge in [0.1, 0.15) is 34.8 Å². The van der Waals surface area contributed by atoms with Gasteiger partial charge in [-0.05, 0) is 37.3 Å². The number of aromatic nitrogens is 1. The number of halogens is 1. The molecule has 3 aliphatic rings. The summed E-state index contributed by atoms with van der Waals surface area (Å²) in [4.78, 5) is 32.0. The van der Waals surface area contributed by atoms with Crippen LogP contribution in [0.15, 0.2) is 74.9 Å². The fraction of sp³-hybridized carbons (Fsp3) is 0.222. The summed E-state index contributed by atoms with van der Waals surface area (Å²) >= 11 is 7.39. The molecule has 2 aliphatic heterocycles. The lowest BCUT2D eigenvalue weighted by atomic mass is 9.97. The molecule has 0 amide bonds. The quantitative estimate of drug-likeness (QED) is 0.387. The molecule has 4 heterocycles. The third kappa shape index (κ3) is 2.66. The number of carbonyl (C=O) groups excluding carboxylic acids is 1. The van der Waals surface area contributed by atoms with E-state index in [2.05, 4.69) is 0 Å². The van der Waals surface area contributed by atoms with Crippen LogP contribution in [0.5, 0.6) is 5.75 Å². The van der Waals surface area contributed by atoms with Crippen LogP contribution in [-0.4, -0.2) is 28.8 Å². The Bertz CT molecular complexity index is 1770. The molecule has 1 fully saturated rings. The number of benzene rings is 2. The van der Waals surface area contributed by atoms with E-state index < -0.39 is 29.1 Å². The number of thiazole rings is 1. The number of rotatable bonds is 3. The predicted octanol–water partition coefficient (Wildman–Crippen LogP) is 3.57. The fourth-order valence-electron chi connectivity index (χ4n) is 5.82. The third-order valence-electron chi connectivity index (χ3n) is 7.47. The molecule has 1 saturated carbocycles. The SMILES string of the molecule is COC(=O)[C@@H]1[C@@]23Oc4ccccc4[C@H]2n2c(s/c(=C\c4ccc(-c5cccc(Cl)c5)o4)c2=O)=N[C@@]13C. The van der Waals surface area contributed by atoms with Crippen molar-refractivity contribution in [2.24, 2.45) is 10.9 Å². The van der Waals surface area contributed by atoms with E-state index in [9.17, 15) is 9.59 Å². The summed E-state index contributed by atoms with van der Waals surface area (Å²) in [5.74, 6) is 0.850. The first kappa shape index (κ1) is 21.6. The number of hydrogen-bond donors (Lipinski definition) is 0. The van der Waals surface area contributed by atoms with Gasteiger partial charge in [0.25, 0.3) is 5.56 Å². The van der Waals surface area contributed by atoms with Crippen LogP contribution in [0.1, 0.15) is 24.3 Å². The van der Waals surface area contributed by atoms with Crippen molar-refractivity contribution >= 4 is 35.0 Å². The Labute approximate surface area is 213 Å². The fourth-order valence-corrected chi connectivity index (χ4v) is 7.09. The van der Waals surface area contributed by atoms with E-state index in [0.29, 0.717) is 31.6 Å². The van der Waals surface area contributed by atoms with E-state index in [1.165, 1.54) is 18.4 Å². The average Bonchev–Trinajstić information content (AvgIpc) is 3.28. The van der Waals surface area contributed by atoms with Crippen molar-refractivity contribution in [3.63, 3.8) is 0 Å². The number of para-hydroxylation sites is 1. The molecule has 4 aromatic rings. The monoisotopic (exact) mass is 518 g/mol. The number of methoxy groups -OCH3 is 1. The second-order valence-corrected chi connectivity index (χ2v) is 10.8. The average molecular weight is 519 g/mol. The first-order valence-electron chi connectivity index (χ1n) is 11.4. The Morgan fingerprint density at radius 2 is 2.03 bits per heavy atom. The highest BCUT2D eigenvalue weighted by Crippen LogP contribution is 2.70. The molecule has 0 saturated heterocycles. The van der Waals surface area contributed by atoms with Gasteiger partial charge in [0.2, 0.25) is 0 Å². The Morgan fingerprint density at radius 3 is 2.83 bits per heavy atom. The molecular formula is C27H19ClN2O5S. The normalized spacial score (nSPS) is 27.2. The van der Waals surface area contributed by atoms with Gasteiger partial charge < -0.3 is 13.9 Å². The van der Waals surface area contributed by atoms with Crippen LogP contribution < -0.4 is 19.6 Å². The molecule has 0 unspecified atom stereocenters. The van der Waals surface area contributed by atoms with Crippen LogP contribution in [0, 0.1) is 5.92 Å². The predicted molar refractivity (Wildman–Crippen MR) is 134 cm³/mol. The maximum atomic E-state index is 13.8. The van der Waals surface area contributed by atoms with Gasteiger partial charge in [-0.25, -0.2) is 4.99 Å². The molecule has 7 rings (SSSR count). The summed E-state index contributed by atoms with van der Waals surface area (Å²) in [5, 5.41) is 0.616. The van der Waals surface area contributed by atoms with Crippen molar-refractivity contribution in [2.75, 3.05) is 7.11 Å². The Kier molecular flexibility index (Phi) is 4.34. The molecule has 1 spiro atoms. The summed E-state index contributed by atoms with van der Waals surface area (Å²) in [6.45, 7) is 1.90. The number of ether oxygens (including phenoxy) is 2. The smallest absolute Gasteiger partial charge is 0.315 e. The Hall–Kier alpha value is -3.62. The van der Waals surface area contributed by atoms with Crippen LogP contribution in [0.25, 0.3) is 17.4 Å². The van der Waals surface area contributed by atoms with Crippen LogP contribution >= 0.6 is 22.9 Å². The van der Waals surface area contributed by atoms with Crippen molar-refractivity contribution < 1.29 is 18.7 Å². The highest BCUT2D eigenvalue weighted by atomic mass is 35.5. The van der Waals surface area contributed by atoms with Gasteiger partial charge in [-0.3, -0.25) is 14.2 Å². The zero-order valence-electron chi connectivity index (χ0n) is 19.2. The lowest BCUT2D eigenvalue weighted by molar-refractivity contribution is -0.144. The van der Waals surface area contributed by atoms with Gasteiger partial charge in [-0.1, -0.05) is 53.3 Å². The molecule has 0 radical (unpaired) electrons. The van der Waals surface area contributed by atoms with E-state index in [1.807, 2.05) is 61.5 Å². The minimum atomic E-state index is -0.997. The highest BCUT2D eigenvalue weighted by molar-refractivity contribution is 7.07. The maximum absolute atomic E-state index is 13.8. The summed E-state index contributed by atoms with van der Waals surface area (Å²) in [6, 6.07) is 18.2. The number of hydrogen-bond acceptors (Lipinski definition) is 7. The van der Waals surface area contributed by atoms with Crippen molar-refractivity contribution in [1.82, 2.24) is 4.57 Å². The highest BCUT2D eigenvalue weighted by Gasteiger charge is 2.88. The molecular weight excluding hydrogens is 500 g/mol. The Morgan fingerprint density at radius 1 is 1.19 bits per heavy atom. The molecule has 0 bridgehead atoms. The zero-order valence-corrected chi connectivity index (χ0v) is 20.8. The van der Waals surface area contributed by atoms with Crippen LogP contribution in [0.2, 0.25) is 5.02 Å². The van der Waals surface area contributed by atoms with Gasteiger partial charge in [-0.2, -0.15) is 0 Å². The van der Waals surface area contributed by atoms with E-state index in [1.54, 1.807) is 16.7 Å². The summed E-state index contributed by atoms with van der Waals surface area (Å²) in [6.07, 6.45) is 1.72. The standard InChI is InChI=1S/C27H19ClN2O5S/c1-26-21(24(32)33-2)27(26)22(17-8-3-4-9-19(17)35-27)30-23(31)20(36-25(30)29-26)13-16-10-11-18(34-16)14-6-5-7-15(28)12-14/h3-13,21-22H,1-2H3/b20-13-/t21-,22+,26-,27+/m0/s1. The van der Waals surface area contributed by atoms with Gasteiger partial charge in [0.15, 0.2) is 10.4 Å².